The van der Waals surface area contributed by atoms with Crippen LogP contribution < -0.4 is 9.62 Å². The van der Waals surface area contributed by atoms with Gasteiger partial charge in [0.15, 0.2) is 0 Å². The number of hydrogen-bond acceptors (Lipinski definition) is 3. The van der Waals surface area contributed by atoms with Gasteiger partial charge in [-0.3, -0.25) is 9.10 Å². The van der Waals surface area contributed by atoms with Gasteiger partial charge in [0.25, 0.3) is 0 Å². The molecule has 1 amide bonds. The lowest BCUT2D eigenvalue weighted by atomic mass is 10.1. The minimum absolute atomic E-state index is 0.145. The van der Waals surface area contributed by atoms with Gasteiger partial charge in [0.2, 0.25) is 15.9 Å². The minimum atomic E-state index is -4.47. The summed E-state index contributed by atoms with van der Waals surface area (Å²) in [5.41, 5.74) is 0.713. The van der Waals surface area contributed by atoms with Gasteiger partial charge in [-0.15, -0.1) is 0 Å². The number of alkyl halides is 3. The van der Waals surface area contributed by atoms with Gasteiger partial charge >= 0.3 is 6.18 Å². The van der Waals surface area contributed by atoms with Gasteiger partial charge in [-0.2, -0.15) is 13.2 Å². The maximum atomic E-state index is 12.7. The van der Waals surface area contributed by atoms with Crippen LogP contribution in [-0.4, -0.2) is 27.1 Å². The Morgan fingerprint density at radius 2 is 1.74 bits per heavy atom. The minimum Gasteiger partial charge on any atom is -0.350 e. The SMILES string of the molecule is Cc1ccc(N(CC(=O)NCc2cccc(C(F)(F)F)c2)S(C)(=O)=O)cc1. The van der Waals surface area contributed by atoms with Gasteiger partial charge in [-0.1, -0.05) is 29.8 Å². The largest absolute Gasteiger partial charge is 0.416 e. The van der Waals surface area contributed by atoms with E-state index in [1.165, 1.54) is 12.1 Å². The van der Waals surface area contributed by atoms with Gasteiger partial charge in [0, 0.05) is 6.54 Å². The van der Waals surface area contributed by atoms with E-state index in [2.05, 4.69) is 5.32 Å². The molecule has 146 valence electrons. The van der Waals surface area contributed by atoms with Crippen molar-refractivity contribution in [3.63, 3.8) is 0 Å². The van der Waals surface area contributed by atoms with Crippen molar-refractivity contribution in [3.8, 4) is 0 Å². The van der Waals surface area contributed by atoms with Gasteiger partial charge in [-0.25, -0.2) is 8.42 Å². The highest BCUT2D eigenvalue weighted by atomic mass is 32.2. The van der Waals surface area contributed by atoms with Crippen LogP contribution in [0.25, 0.3) is 0 Å². The lowest BCUT2D eigenvalue weighted by molar-refractivity contribution is -0.137. The highest BCUT2D eigenvalue weighted by Gasteiger charge is 2.30. The van der Waals surface area contributed by atoms with Crippen LogP contribution >= 0.6 is 0 Å². The number of aryl methyl sites for hydroxylation is 1. The van der Waals surface area contributed by atoms with Crippen molar-refractivity contribution in [1.29, 1.82) is 0 Å². The average Bonchev–Trinajstić information content (AvgIpc) is 2.57. The molecule has 5 nitrogen and oxygen atoms in total. The molecule has 0 aliphatic carbocycles. The first kappa shape index (κ1) is 20.8. The van der Waals surface area contributed by atoms with Crippen molar-refractivity contribution in [2.24, 2.45) is 0 Å². The number of rotatable bonds is 6. The molecule has 1 N–H and O–H groups in total. The van der Waals surface area contributed by atoms with Crippen LogP contribution in [0.3, 0.4) is 0 Å². The molecule has 9 heteroatoms. The highest BCUT2D eigenvalue weighted by Crippen LogP contribution is 2.29. The van der Waals surface area contributed by atoms with E-state index in [-0.39, 0.29) is 12.1 Å². The summed E-state index contributed by atoms with van der Waals surface area (Å²) in [6.07, 6.45) is -3.49. The van der Waals surface area contributed by atoms with Crippen LogP contribution in [0.4, 0.5) is 18.9 Å². The lowest BCUT2D eigenvalue weighted by Crippen LogP contribution is -2.40. The summed E-state index contributed by atoms with van der Waals surface area (Å²) < 4.78 is 63.1. The molecule has 0 aliphatic rings. The topological polar surface area (TPSA) is 66.5 Å². The molecule has 0 saturated carbocycles. The van der Waals surface area contributed by atoms with E-state index < -0.39 is 34.2 Å². The molecule has 0 radical (unpaired) electrons. The second-order valence-electron chi connectivity index (χ2n) is 6.08. The van der Waals surface area contributed by atoms with E-state index in [1.54, 1.807) is 24.3 Å². The highest BCUT2D eigenvalue weighted by molar-refractivity contribution is 7.92. The first-order valence-corrected chi connectivity index (χ1v) is 9.79. The first-order chi connectivity index (χ1) is 12.5. The molecule has 0 unspecified atom stereocenters. The van der Waals surface area contributed by atoms with Crippen LogP contribution in [-0.2, 0) is 27.5 Å². The fourth-order valence-corrected chi connectivity index (χ4v) is 3.21. The summed E-state index contributed by atoms with van der Waals surface area (Å²) in [4.78, 5) is 12.2. The molecule has 27 heavy (non-hydrogen) atoms. The van der Waals surface area contributed by atoms with Crippen LogP contribution in [0.5, 0.6) is 0 Å². The third kappa shape index (κ3) is 5.99. The Morgan fingerprint density at radius 1 is 1.11 bits per heavy atom. The van der Waals surface area contributed by atoms with Crippen LogP contribution in [0.1, 0.15) is 16.7 Å². The maximum Gasteiger partial charge on any atom is 0.416 e. The number of sulfonamides is 1. The Bertz CT molecular complexity index is 910. The number of nitrogens with zero attached hydrogens (tertiary/aromatic N) is 1. The maximum absolute atomic E-state index is 12.7. The van der Waals surface area contributed by atoms with Crippen LogP contribution in [0.2, 0.25) is 0 Å². The Kier molecular flexibility index (Phi) is 6.15. The van der Waals surface area contributed by atoms with Crippen LogP contribution in [0, 0.1) is 6.92 Å². The quantitative estimate of drug-likeness (QED) is 0.810. The molecule has 0 aromatic heterocycles. The van der Waals surface area contributed by atoms with Gasteiger partial charge in [0.1, 0.15) is 6.54 Å². The summed E-state index contributed by atoms with van der Waals surface area (Å²) in [6, 6.07) is 11.2. The molecular weight excluding hydrogens is 381 g/mol. The van der Waals surface area contributed by atoms with Gasteiger partial charge < -0.3 is 5.32 Å². The number of anilines is 1. The van der Waals surface area contributed by atoms with Crippen LogP contribution in [0.15, 0.2) is 48.5 Å². The number of halogens is 3. The molecule has 0 heterocycles. The standard InChI is InChI=1S/C18H19F3N2O3S/c1-13-6-8-16(9-7-13)23(27(2,25)26)12-17(24)22-11-14-4-3-5-15(10-14)18(19,20)21/h3-10H,11-12H2,1-2H3,(H,22,24). The molecule has 2 rings (SSSR count). The second kappa shape index (κ2) is 7.99. The van der Waals surface area contributed by atoms with E-state index >= 15 is 0 Å². The zero-order valence-corrected chi connectivity index (χ0v) is 15.6. The van der Waals surface area contributed by atoms with E-state index in [0.29, 0.717) is 5.69 Å². The summed E-state index contributed by atoms with van der Waals surface area (Å²) in [5, 5.41) is 2.45. The predicted octanol–water partition coefficient (Wildman–Crippen LogP) is 3.10. The van der Waals surface area contributed by atoms with E-state index in [9.17, 15) is 26.4 Å². The van der Waals surface area contributed by atoms with E-state index in [1.807, 2.05) is 6.92 Å². The Hall–Kier alpha value is -2.55. The zero-order chi connectivity index (χ0) is 20.2. The third-order valence-electron chi connectivity index (χ3n) is 3.75. The van der Waals surface area contributed by atoms with Crippen molar-refractivity contribution in [2.45, 2.75) is 19.6 Å². The fourth-order valence-electron chi connectivity index (χ4n) is 2.36. The molecule has 0 atom stereocenters. The van der Waals surface area contributed by atoms with Crippen molar-refractivity contribution in [3.05, 3.63) is 65.2 Å². The average molecular weight is 400 g/mol. The normalized spacial score (nSPS) is 11.9. The summed E-state index contributed by atoms with van der Waals surface area (Å²) >= 11 is 0. The smallest absolute Gasteiger partial charge is 0.350 e. The molecule has 0 fully saturated rings. The Morgan fingerprint density at radius 3 is 2.30 bits per heavy atom. The fraction of sp³-hybridized carbons (Fsp3) is 0.278. The summed E-state index contributed by atoms with van der Waals surface area (Å²) in [6.45, 7) is 1.23. The van der Waals surface area contributed by atoms with Crippen molar-refractivity contribution in [1.82, 2.24) is 5.32 Å². The molecular formula is C18H19F3N2O3S. The van der Waals surface area contributed by atoms with E-state index in [0.717, 1.165) is 28.3 Å². The number of carbonyl (C=O) groups excluding carboxylic acids is 1. The molecule has 0 saturated heterocycles. The second-order valence-corrected chi connectivity index (χ2v) is 7.99. The van der Waals surface area contributed by atoms with Crippen molar-refractivity contribution in [2.75, 3.05) is 17.1 Å². The number of nitrogens with one attached hydrogen (secondary N) is 1. The van der Waals surface area contributed by atoms with Gasteiger partial charge in [-0.05, 0) is 36.8 Å². The summed E-state index contributed by atoms with van der Waals surface area (Å²) in [5.74, 6) is -0.626. The van der Waals surface area contributed by atoms with Crippen molar-refractivity contribution >= 4 is 21.6 Å². The van der Waals surface area contributed by atoms with Crippen molar-refractivity contribution < 1.29 is 26.4 Å². The monoisotopic (exact) mass is 400 g/mol. The number of carbonyl (C=O) groups is 1. The molecule has 0 bridgehead atoms. The summed E-state index contributed by atoms with van der Waals surface area (Å²) in [7, 11) is -3.71. The zero-order valence-electron chi connectivity index (χ0n) is 14.7. The number of hydrogen-bond donors (Lipinski definition) is 1. The number of amides is 1. The molecule has 0 aliphatic heterocycles. The first-order valence-electron chi connectivity index (χ1n) is 7.94. The van der Waals surface area contributed by atoms with E-state index in [4.69, 9.17) is 0 Å². The number of benzene rings is 2. The Labute approximate surface area is 155 Å². The van der Waals surface area contributed by atoms with Gasteiger partial charge in [0.05, 0.1) is 17.5 Å². The molecule has 2 aromatic carbocycles. The third-order valence-corrected chi connectivity index (χ3v) is 4.89. The lowest BCUT2D eigenvalue weighted by Gasteiger charge is -2.22. The predicted molar refractivity (Wildman–Crippen MR) is 96.7 cm³/mol. The Balaban J connectivity index is 2.08. The molecule has 0 spiro atoms. The molecule has 2 aromatic rings.